The predicted molar refractivity (Wildman–Crippen MR) is 151 cm³/mol. The van der Waals surface area contributed by atoms with Gasteiger partial charge in [-0.05, 0) is 66.8 Å². The highest BCUT2D eigenvalue weighted by Gasteiger charge is 2.32. The van der Waals surface area contributed by atoms with Crippen LogP contribution in [0.25, 0.3) is 0 Å². The number of methoxy groups -OCH3 is 2. The van der Waals surface area contributed by atoms with Crippen molar-refractivity contribution in [2.75, 3.05) is 51.8 Å². The van der Waals surface area contributed by atoms with Crippen molar-refractivity contribution in [1.82, 2.24) is 15.5 Å². The van der Waals surface area contributed by atoms with Crippen molar-refractivity contribution in [2.24, 2.45) is 0 Å². The first-order valence-corrected chi connectivity index (χ1v) is 13.8. The summed E-state index contributed by atoms with van der Waals surface area (Å²) in [6, 6.07) is 15.8. The molecule has 10 heteroatoms. The number of hydrogen-bond donors (Lipinski definition) is 2. The summed E-state index contributed by atoms with van der Waals surface area (Å²) in [6.07, 6.45) is 0.547. The lowest BCUT2D eigenvalue weighted by atomic mass is 10.0. The molecule has 0 unspecified atom stereocenters. The Morgan fingerprint density at radius 2 is 1.69 bits per heavy atom. The number of thiophene rings is 1. The van der Waals surface area contributed by atoms with E-state index in [0.717, 1.165) is 42.3 Å². The Morgan fingerprint density at radius 1 is 0.974 bits per heavy atom. The summed E-state index contributed by atoms with van der Waals surface area (Å²) in [4.78, 5) is 31.1. The van der Waals surface area contributed by atoms with Crippen molar-refractivity contribution in [1.29, 1.82) is 0 Å². The largest absolute Gasteiger partial charge is 0.493 e. The van der Waals surface area contributed by atoms with Crippen LogP contribution in [-0.2, 0) is 16.0 Å². The van der Waals surface area contributed by atoms with Crippen molar-refractivity contribution >= 4 is 28.8 Å². The van der Waals surface area contributed by atoms with Gasteiger partial charge in [0.15, 0.2) is 11.5 Å². The van der Waals surface area contributed by atoms with Crippen LogP contribution in [0.15, 0.2) is 60.0 Å². The maximum atomic E-state index is 13.3. The zero-order valence-corrected chi connectivity index (χ0v) is 23.3. The first kappa shape index (κ1) is 28.4. The summed E-state index contributed by atoms with van der Waals surface area (Å²) in [5.74, 6) is -0.304. The number of halogens is 1. The third-order valence-electron chi connectivity index (χ3n) is 6.92. The quantitative estimate of drug-likeness (QED) is 0.373. The Labute approximate surface area is 232 Å². The van der Waals surface area contributed by atoms with E-state index >= 15 is 0 Å². The number of piperazine rings is 1. The van der Waals surface area contributed by atoms with Crippen molar-refractivity contribution in [3.05, 3.63) is 76.2 Å². The summed E-state index contributed by atoms with van der Waals surface area (Å²) in [6.45, 7) is 5.37. The van der Waals surface area contributed by atoms with E-state index in [1.807, 2.05) is 36.6 Å². The van der Waals surface area contributed by atoms with Crippen LogP contribution in [-0.4, -0.2) is 69.7 Å². The molecule has 4 rings (SSSR count). The summed E-state index contributed by atoms with van der Waals surface area (Å²) in [5, 5.41) is 7.66. The molecule has 0 bridgehead atoms. The summed E-state index contributed by atoms with van der Waals surface area (Å²) in [7, 11) is 3.15. The number of carbonyl (C=O) groups is 2. The van der Waals surface area contributed by atoms with Crippen LogP contribution >= 0.6 is 11.3 Å². The lowest BCUT2D eigenvalue weighted by Crippen LogP contribution is -2.53. The van der Waals surface area contributed by atoms with E-state index in [9.17, 15) is 14.0 Å². The second-order valence-electron chi connectivity index (χ2n) is 9.42. The predicted octanol–water partition coefficient (Wildman–Crippen LogP) is 3.63. The van der Waals surface area contributed by atoms with Gasteiger partial charge in [0.2, 0.25) is 0 Å². The molecular weight excluding hydrogens is 519 g/mol. The minimum absolute atomic E-state index is 0.0659. The highest BCUT2D eigenvalue weighted by Crippen LogP contribution is 2.30. The standard InChI is InChI=1S/C29H35FN4O4S/c1-20(32-29(36)28(35)31-13-12-21-6-11-24(37-2)25(19-21)38-3)27(26-5-4-18-39-26)34-16-14-33(15-17-34)23-9-7-22(30)8-10-23/h4-11,18-20,27H,12-17H2,1-3H3,(H,31,35)(H,32,36)/t20-,27-/m1/s1. The molecule has 1 aromatic heterocycles. The van der Waals surface area contributed by atoms with E-state index in [4.69, 9.17) is 9.47 Å². The number of carbonyl (C=O) groups excluding carboxylic acids is 2. The van der Waals surface area contributed by atoms with Gasteiger partial charge in [0, 0.05) is 49.3 Å². The Bertz CT molecular complexity index is 1230. The number of rotatable bonds is 10. The molecule has 0 saturated carbocycles. The molecule has 208 valence electrons. The van der Waals surface area contributed by atoms with Crippen LogP contribution in [0.2, 0.25) is 0 Å². The van der Waals surface area contributed by atoms with Crippen LogP contribution < -0.4 is 25.0 Å². The second kappa shape index (κ2) is 13.4. The summed E-state index contributed by atoms with van der Waals surface area (Å²) >= 11 is 1.64. The molecule has 2 heterocycles. The molecule has 0 aliphatic carbocycles. The smallest absolute Gasteiger partial charge is 0.309 e. The molecule has 2 amide bonds. The highest BCUT2D eigenvalue weighted by atomic mass is 32.1. The van der Waals surface area contributed by atoms with E-state index in [-0.39, 0.29) is 17.9 Å². The van der Waals surface area contributed by atoms with Gasteiger partial charge in [0.05, 0.1) is 20.3 Å². The maximum Gasteiger partial charge on any atom is 0.309 e. The number of hydrogen-bond acceptors (Lipinski definition) is 7. The molecule has 1 saturated heterocycles. The second-order valence-corrected chi connectivity index (χ2v) is 10.4. The first-order chi connectivity index (χ1) is 18.9. The van der Waals surface area contributed by atoms with E-state index < -0.39 is 11.8 Å². The molecule has 1 fully saturated rings. The normalized spacial score (nSPS) is 15.3. The van der Waals surface area contributed by atoms with Crippen LogP contribution in [0.3, 0.4) is 0 Å². The zero-order valence-electron chi connectivity index (χ0n) is 22.5. The Balaban J connectivity index is 1.31. The average Bonchev–Trinajstić information content (AvgIpc) is 3.48. The monoisotopic (exact) mass is 554 g/mol. The third-order valence-corrected chi connectivity index (χ3v) is 7.86. The topological polar surface area (TPSA) is 83.1 Å². The fraction of sp³-hybridized carbons (Fsp3) is 0.379. The van der Waals surface area contributed by atoms with Crippen LogP contribution in [0.4, 0.5) is 10.1 Å². The van der Waals surface area contributed by atoms with Crippen LogP contribution in [0.5, 0.6) is 11.5 Å². The molecular formula is C29H35FN4O4S. The minimum Gasteiger partial charge on any atom is -0.493 e. The molecule has 1 aliphatic rings. The molecule has 2 aromatic carbocycles. The van der Waals surface area contributed by atoms with E-state index in [1.165, 1.54) is 12.1 Å². The fourth-order valence-electron chi connectivity index (χ4n) is 4.90. The van der Waals surface area contributed by atoms with Gasteiger partial charge in [0.25, 0.3) is 0 Å². The zero-order chi connectivity index (χ0) is 27.8. The van der Waals surface area contributed by atoms with Crippen LogP contribution in [0.1, 0.15) is 23.4 Å². The summed E-state index contributed by atoms with van der Waals surface area (Å²) < 4.78 is 23.9. The first-order valence-electron chi connectivity index (χ1n) is 13.0. The number of nitrogens with one attached hydrogen (secondary N) is 2. The molecule has 2 N–H and O–H groups in total. The molecule has 8 nitrogen and oxygen atoms in total. The van der Waals surface area contributed by atoms with Gasteiger partial charge in [-0.25, -0.2) is 4.39 Å². The van der Waals surface area contributed by atoms with Crippen molar-refractivity contribution < 1.29 is 23.5 Å². The third kappa shape index (κ3) is 7.27. The molecule has 0 spiro atoms. The van der Waals surface area contributed by atoms with Crippen molar-refractivity contribution in [2.45, 2.75) is 25.4 Å². The van der Waals surface area contributed by atoms with Gasteiger partial charge in [-0.2, -0.15) is 0 Å². The Hall–Kier alpha value is -3.63. The SMILES string of the molecule is COc1ccc(CCNC(=O)C(=O)N[C@H](C)[C@H](c2cccs2)N2CCN(c3ccc(F)cc3)CC2)cc1OC. The van der Waals surface area contributed by atoms with Gasteiger partial charge in [0.1, 0.15) is 5.82 Å². The maximum absolute atomic E-state index is 13.3. The van der Waals surface area contributed by atoms with Gasteiger partial charge in [-0.3, -0.25) is 14.5 Å². The molecule has 3 aromatic rings. The highest BCUT2D eigenvalue weighted by molar-refractivity contribution is 7.10. The molecule has 0 radical (unpaired) electrons. The van der Waals surface area contributed by atoms with Gasteiger partial charge in [-0.1, -0.05) is 12.1 Å². The number of benzene rings is 2. The number of ether oxygens (including phenoxy) is 2. The molecule has 1 aliphatic heterocycles. The van der Waals surface area contributed by atoms with E-state index in [1.54, 1.807) is 37.7 Å². The van der Waals surface area contributed by atoms with Crippen LogP contribution in [0, 0.1) is 5.82 Å². The van der Waals surface area contributed by atoms with Crippen molar-refractivity contribution in [3.8, 4) is 11.5 Å². The lowest BCUT2D eigenvalue weighted by Gasteiger charge is -2.42. The average molecular weight is 555 g/mol. The van der Waals surface area contributed by atoms with Gasteiger partial charge >= 0.3 is 11.8 Å². The van der Waals surface area contributed by atoms with E-state index in [2.05, 4.69) is 26.5 Å². The summed E-state index contributed by atoms with van der Waals surface area (Å²) in [5.41, 5.74) is 1.95. The number of nitrogens with zero attached hydrogens (tertiary/aromatic N) is 2. The lowest BCUT2D eigenvalue weighted by molar-refractivity contribution is -0.139. The van der Waals surface area contributed by atoms with E-state index in [0.29, 0.717) is 24.5 Å². The van der Waals surface area contributed by atoms with Gasteiger partial charge in [-0.15, -0.1) is 11.3 Å². The molecule has 2 atom stereocenters. The Morgan fingerprint density at radius 3 is 2.33 bits per heavy atom. The number of amides is 2. The van der Waals surface area contributed by atoms with Crippen molar-refractivity contribution in [3.63, 3.8) is 0 Å². The molecule has 39 heavy (non-hydrogen) atoms. The van der Waals surface area contributed by atoms with Gasteiger partial charge < -0.3 is 25.0 Å². The number of anilines is 1. The fourth-order valence-corrected chi connectivity index (χ4v) is 5.86. The minimum atomic E-state index is -0.659. The Kier molecular flexibility index (Phi) is 9.78.